The second-order valence-electron chi connectivity index (χ2n) is 6.90. The van der Waals surface area contributed by atoms with Crippen LogP contribution in [-0.4, -0.2) is 28.1 Å². The molecule has 0 spiro atoms. The Morgan fingerprint density at radius 2 is 1.96 bits per heavy atom. The van der Waals surface area contributed by atoms with Gasteiger partial charge in [-0.2, -0.15) is 5.10 Å². The molecule has 5 nitrogen and oxygen atoms in total. The highest BCUT2D eigenvalue weighted by atomic mass is 19.1. The van der Waals surface area contributed by atoms with E-state index in [-0.39, 0.29) is 23.6 Å². The Morgan fingerprint density at radius 1 is 1.31 bits per heavy atom. The van der Waals surface area contributed by atoms with Crippen LogP contribution in [0.5, 0.6) is 0 Å². The first-order valence-electron chi connectivity index (χ1n) is 8.89. The van der Waals surface area contributed by atoms with Gasteiger partial charge in [-0.3, -0.25) is 9.48 Å². The Bertz CT molecular complexity index is 853. The Kier molecular flexibility index (Phi) is 4.94. The van der Waals surface area contributed by atoms with Crippen LogP contribution < -0.4 is 0 Å². The number of rotatable bonds is 4. The molecule has 0 radical (unpaired) electrons. The first-order valence-corrected chi connectivity index (χ1v) is 8.89. The van der Waals surface area contributed by atoms with E-state index in [4.69, 9.17) is 9.73 Å². The van der Waals surface area contributed by atoms with Crippen LogP contribution in [0.3, 0.4) is 0 Å². The van der Waals surface area contributed by atoms with Gasteiger partial charge in [-0.1, -0.05) is 26.0 Å². The van der Waals surface area contributed by atoms with Crippen LogP contribution in [0, 0.1) is 24.6 Å². The zero-order valence-corrected chi connectivity index (χ0v) is 15.8. The molecular formula is C20H24FN3O2. The molecule has 1 aliphatic heterocycles. The first-order chi connectivity index (χ1) is 12.3. The molecular weight excluding hydrogens is 333 g/mol. The van der Waals surface area contributed by atoms with Gasteiger partial charge in [0.1, 0.15) is 11.7 Å². The number of halogens is 1. The molecule has 1 aromatic carbocycles. The van der Waals surface area contributed by atoms with Gasteiger partial charge >= 0.3 is 5.97 Å². The smallest absolute Gasteiger partial charge is 0.315 e. The maximum Gasteiger partial charge on any atom is 0.315 e. The quantitative estimate of drug-likeness (QED) is 0.779. The lowest BCUT2D eigenvalue weighted by molar-refractivity contribution is -0.146. The number of carbonyl (C=O) groups excluding carboxylic acids is 1. The molecule has 0 amide bonds. The van der Waals surface area contributed by atoms with E-state index in [9.17, 15) is 9.18 Å². The van der Waals surface area contributed by atoms with Crippen molar-refractivity contribution in [3.63, 3.8) is 0 Å². The van der Waals surface area contributed by atoms with E-state index in [1.54, 1.807) is 23.7 Å². The number of benzene rings is 1. The summed E-state index contributed by atoms with van der Waals surface area (Å²) in [6, 6.07) is 6.30. The average molecular weight is 357 g/mol. The van der Waals surface area contributed by atoms with Crippen molar-refractivity contribution in [1.82, 2.24) is 9.78 Å². The van der Waals surface area contributed by atoms with Crippen molar-refractivity contribution < 1.29 is 13.9 Å². The summed E-state index contributed by atoms with van der Waals surface area (Å²) in [4.78, 5) is 17.7. The van der Waals surface area contributed by atoms with Crippen molar-refractivity contribution in [2.24, 2.45) is 23.9 Å². The van der Waals surface area contributed by atoms with Gasteiger partial charge in [-0.05, 0) is 37.5 Å². The van der Waals surface area contributed by atoms with Crippen LogP contribution in [0.2, 0.25) is 0 Å². The summed E-state index contributed by atoms with van der Waals surface area (Å²) in [7, 11) is 1.85. The molecule has 0 aliphatic carbocycles. The van der Waals surface area contributed by atoms with Gasteiger partial charge in [-0.25, -0.2) is 9.38 Å². The summed E-state index contributed by atoms with van der Waals surface area (Å²) >= 11 is 0. The van der Waals surface area contributed by atoms with Crippen LogP contribution in [-0.2, 0) is 16.6 Å². The fourth-order valence-corrected chi connectivity index (χ4v) is 3.69. The normalized spacial score (nSPS) is 19.3. The molecule has 2 unspecified atom stereocenters. The lowest BCUT2D eigenvalue weighted by Crippen LogP contribution is -2.37. The summed E-state index contributed by atoms with van der Waals surface area (Å²) in [5, 5.41) is 4.50. The minimum Gasteiger partial charge on any atom is -0.465 e. The highest BCUT2D eigenvalue weighted by Gasteiger charge is 2.43. The molecule has 1 aliphatic rings. The number of hydrogen-bond acceptors (Lipinski definition) is 4. The summed E-state index contributed by atoms with van der Waals surface area (Å²) in [5.41, 5.74) is 3.35. The molecule has 0 fully saturated rings. The summed E-state index contributed by atoms with van der Waals surface area (Å²) in [5.74, 6) is -0.637. The van der Waals surface area contributed by atoms with Crippen LogP contribution in [0.1, 0.15) is 43.5 Å². The predicted molar refractivity (Wildman–Crippen MR) is 98.2 cm³/mol. The summed E-state index contributed by atoms with van der Waals surface area (Å²) in [6.45, 7) is 8.03. The second-order valence-corrected chi connectivity index (χ2v) is 6.90. The number of esters is 1. The molecule has 0 saturated heterocycles. The van der Waals surface area contributed by atoms with Gasteiger partial charge in [-0.15, -0.1) is 0 Å². The Morgan fingerprint density at radius 3 is 2.54 bits per heavy atom. The van der Waals surface area contributed by atoms with Crippen LogP contribution in [0.4, 0.5) is 10.2 Å². The predicted octanol–water partition coefficient (Wildman–Crippen LogP) is 3.92. The number of ether oxygens (including phenoxy) is 1. The van der Waals surface area contributed by atoms with E-state index < -0.39 is 5.92 Å². The van der Waals surface area contributed by atoms with Crippen LogP contribution in [0.25, 0.3) is 0 Å². The first kappa shape index (κ1) is 18.3. The topological polar surface area (TPSA) is 56.5 Å². The molecule has 2 atom stereocenters. The SMILES string of the molecule is CCOC(=O)C1C(C(C)C)=Nc2c(c(C)nn2C)C1c1ccc(F)cc1. The number of aliphatic imine (C=N–C) groups is 1. The fraction of sp³-hybridized carbons (Fsp3) is 0.450. The third-order valence-electron chi connectivity index (χ3n) is 4.80. The maximum atomic E-state index is 13.5. The molecule has 2 heterocycles. The molecule has 1 aromatic heterocycles. The van der Waals surface area contributed by atoms with E-state index in [1.165, 1.54) is 12.1 Å². The van der Waals surface area contributed by atoms with Gasteiger partial charge in [0, 0.05) is 24.2 Å². The van der Waals surface area contributed by atoms with Crippen molar-refractivity contribution in [1.29, 1.82) is 0 Å². The van der Waals surface area contributed by atoms with Gasteiger partial charge in [0.2, 0.25) is 0 Å². The molecule has 0 saturated carbocycles. The van der Waals surface area contributed by atoms with Crippen LogP contribution in [0.15, 0.2) is 29.3 Å². The Labute approximate surface area is 152 Å². The van der Waals surface area contributed by atoms with Gasteiger partial charge in [0.15, 0.2) is 5.82 Å². The number of hydrogen-bond donors (Lipinski definition) is 0. The van der Waals surface area contributed by atoms with Gasteiger partial charge in [0.25, 0.3) is 0 Å². The number of carbonyl (C=O) groups is 1. The van der Waals surface area contributed by atoms with Crippen LogP contribution >= 0.6 is 0 Å². The monoisotopic (exact) mass is 357 g/mol. The molecule has 0 N–H and O–H groups in total. The zero-order chi connectivity index (χ0) is 19.0. The van der Waals surface area contributed by atoms with Crippen molar-refractivity contribution in [3.05, 3.63) is 46.9 Å². The van der Waals surface area contributed by atoms with E-state index in [0.717, 1.165) is 28.4 Å². The average Bonchev–Trinajstić information content (AvgIpc) is 2.88. The second kappa shape index (κ2) is 7.02. The highest BCUT2D eigenvalue weighted by Crippen LogP contribution is 2.45. The minimum absolute atomic E-state index is 0.0655. The van der Waals surface area contributed by atoms with Gasteiger partial charge in [0.05, 0.1) is 12.3 Å². The van der Waals surface area contributed by atoms with Gasteiger partial charge < -0.3 is 4.74 Å². The summed E-state index contributed by atoms with van der Waals surface area (Å²) < 4.78 is 20.6. The minimum atomic E-state index is -0.546. The molecule has 0 bridgehead atoms. The third-order valence-corrected chi connectivity index (χ3v) is 4.80. The number of aryl methyl sites for hydroxylation is 2. The number of aromatic nitrogens is 2. The van der Waals surface area contributed by atoms with E-state index in [1.807, 2.05) is 27.8 Å². The van der Waals surface area contributed by atoms with Crippen molar-refractivity contribution in [2.45, 2.75) is 33.6 Å². The van der Waals surface area contributed by atoms with Crippen molar-refractivity contribution in [3.8, 4) is 0 Å². The highest BCUT2D eigenvalue weighted by molar-refractivity contribution is 6.07. The van der Waals surface area contributed by atoms with E-state index in [2.05, 4.69) is 5.10 Å². The fourth-order valence-electron chi connectivity index (χ4n) is 3.69. The molecule has 2 aromatic rings. The molecule has 138 valence electrons. The molecule has 3 rings (SSSR count). The Balaban J connectivity index is 2.26. The Hall–Kier alpha value is -2.50. The largest absolute Gasteiger partial charge is 0.465 e. The van der Waals surface area contributed by atoms with E-state index in [0.29, 0.717) is 6.61 Å². The zero-order valence-electron chi connectivity index (χ0n) is 15.8. The lowest BCUT2D eigenvalue weighted by atomic mass is 9.74. The van der Waals surface area contributed by atoms with E-state index >= 15 is 0 Å². The standard InChI is InChI=1S/C20H24FN3O2/c1-6-26-20(25)17-16(13-7-9-14(21)10-8-13)15-12(4)23-24(5)19(15)22-18(17)11(2)3/h7-11,16-17H,6H2,1-5H3. The molecule has 26 heavy (non-hydrogen) atoms. The summed E-state index contributed by atoms with van der Waals surface area (Å²) in [6.07, 6.45) is 0. The third kappa shape index (κ3) is 3.04. The lowest BCUT2D eigenvalue weighted by Gasteiger charge is -2.32. The maximum absolute atomic E-state index is 13.5. The number of nitrogens with zero attached hydrogens (tertiary/aromatic N) is 3. The van der Waals surface area contributed by atoms with Crippen molar-refractivity contribution in [2.75, 3.05) is 6.61 Å². The van der Waals surface area contributed by atoms with Crippen molar-refractivity contribution >= 4 is 17.5 Å². The number of fused-ring (bicyclic) bond motifs is 1. The molecule has 6 heteroatoms.